The third-order valence-electron chi connectivity index (χ3n) is 3.19. The summed E-state index contributed by atoms with van der Waals surface area (Å²) >= 11 is 0. The largest absolute Gasteiger partial charge is 0.314 e. The smallest absolute Gasteiger partial charge is 0.175 e. The van der Waals surface area contributed by atoms with E-state index in [2.05, 4.69) is 10.2 Å². The van der Waals surface area contributed by atoms with Gasteiger partial charge in [-0.25, -0.2) is 8.42 Å². The van der Waals surface area contributed by atoms with Gasteiger partial charge in [-0.15, -0.1) is 0 Å². The van der Waals surface area contributed by atoms with Crippen molar-refractivity contribution in [3.8, 4) is 0 Å². The van der Waals surface area contributed by atoms with E-state index in [9.17, 15) is 8.42 Å². The fourth-order valence-corrected chi connectivity index (χ4v) is 3.20. The van der Waals surface area contributed by atoms with Crippen LogP contribution in [0.25, 0.3) is 0 Å². The Balaban J connectivity index is 2.44. The topological polar surface area (TPSA) is 49.4 Å². The molecule has 0 radical (unpaired) electrons. The van der Waals surface area contributed by atoms with Gasteiger partial charge >= 0.3 is 0 Å². The lowest BCUT2D eigenvalue weighted by atomic mass is 10.0. The third-order valence-corrected chi connectivity index (χ3v) is 4.36. The summed E-state index contributed by atoms with van der Waals surface area (Å²) in [7, 11) is -1.13. The molecule has 1 aliphatic rings. The number of hydrogen-bond donors (Lipinski definition) is 1. The van der Waals surface area contributed by atoms with Crippen molar-refractivity contribution in [3.05, 3.63) is 29.8 Å². The van der Waals surface area contributed by atoms with E-state index in [0.29, 0.717) is 4.90 Å². The molecular formula is C12H18N2O2S. The molecule has 1 fully saturated rings. The number of benzene rings is 1. The molecule has 17 heavy (non-hydrogen) atoms. The summed E-state index contributed by atoms with van der Waals surface area (Å²) in [5.41, 5.74) is 0.893. The minimum atomic E-state index is -3.16. The molecule has 0 saturated carbocycles. The maximum absolute atomic E-state index is 11.8. The Morgan fingerprint density at radius 2 is 2.06 bits per heavy atom. The average molecular weight is 254 g/mol. The molecule has 1 saturated heterocycles. The SMILES string of the molecule is CN1CCNCC1c1ccccc1S(C)(=O)=O. The van der Waals surface area contributed by atoms with E-state index >= 15 is 0 Å². The van der Waals surface area contributed by atoms with Crippen LogP contribution in [0.5, 0.6) is 0 Å². The fourth-order valence-electron chi connectivity index (χ4n) is 2.25. The molecule has 1 aliphatic heterocycles. The molecule has 4 nitrogen and oxygen atoms in total. The first-order valence-electron chi connectivity index (χ1n) is 5.70. The quantitative estimate of drug-likeness (QED) is 0.842. The Kier molecular flexibility index (Phi) is 3.51. The summed E-state index contributed by atoms with van der Waals surface area (Å²) in [5, 5.41) is 3.31. The van der Waals surface area contributed by atoms with Crippen molar-refractivity contribution >= 4 is 9.84 Å². The summed E-state index contributed by atoms with van der Waals surface area (Å²) in [6.07, 6.45) is 1.27. The van der Waals surface area contributed by atoms with Crippen molar-refractivity contribution in [2.24, 2.45) is 0 Å². The van der Waals surface area contributed by atoms with Gasteiger partial charge in [0.1, 0.15) is 0 Å². The molecule has 1 N–H and O–H groups in total. The molecule has 1 atom stereocenters. The van der Waals surface area contributed by atoms with Gasteiger partial charge in [0.05, 0.1) is 4.90 Å². The van der Waals surface area contributed by atoms with Crippen LogP contribution < -0.4 is 5.32 Å². The molecular weight excluding hydrogens is 236 g/mol. The molecule has 1 unspecified atom stereocenters. The molecule has 1 aromatic carbocycles. The summed E-state index contributed by atoms with van der Waals surface area (Å²) in [6, 6.07) is 7.40. The van der Waals surface area contributed by atoms with Crippen LogP contribution in [0.2, 0.25) is 0 Å². The number of rotatable bonds is 2. The molecule has 1 heterocycles. The Bertz CT molecular complexity index is 499. The minimum Gasteiger partial charge on any atom is -0.314 e. The van der Waals surface area contributed by atoms with Crippen LogP contribution in [0, 0.1) is 0 Å². The van der Waals surface area contributed by atoms with Gasteiger partial charge < -0.3 is 5.32 Å². The van der Waals surface area contributed by atoms with Crippen molar-refractivity contribution in [2.45, 2.75) is 10.9 Å². The number of sulfone groups is 1. The maximum Gasteiger partial charge on any atom is 0.175 e. The molecule has 1 aromatic rings. The first-order chi connectivity index (χ1) is 8.00. The van der Waals surface area contributed by atoms with Crippen LogP contribution in [-0.4, -0.2) is 46.3 Å². The standard InChI is InChI=1S/C12H18N2O2S/c1-14-8-7-13-9-11(14)10-5-3-4-6-12(10)17(2,15)16/h3-6,11,13H,7-9H2,1-2H3. The highest BCUT2D eigenvalue weighted by atomic mass is 32.2. The van der Waals surface area contributed by atoms with Crippen molar-refractivity contribution in [3.63, 3.8) is 0 Å². The van der Waals surface area contributed by atoms with E-state index < -0.39 is 9.84 Å². The molecule has 5 heteroatoms. The van der Waals surface area contributed by atoms with Gasteiger partial charge in [0, 0.05) is 31.9 Å². The zero-order chi connectivity index (χ0) is 12.5. The van der Waals surface area contributed by atoms with Crippen LogP contribution in [0.4, 0.5) is 0 Å². The lowest BCUT2D eigenvalue weighted by Gasteiger charge is -2.34. The predicted octanol–water partition coefficient (Wildman–Crippen LogP) is 0.666. The Morgan fingerprint density at radius 1 is 1.35 bits per heavy atom. The van der Waals surface area contributed by atoms with E-state index in [1.807, 2.05) is 19.2 Å². The highest BCUT2D eigenvalue weighted by molar-refractivity contribution is 7.90. The molecule has 0 spiro atoms. The maximum atomic E-state index is 11.8. The van der Waals surface area contributed by atoms with Crippen LogP contribution in [0.15, 0.2) is 29.2 Å². The lowest BCUT2D eigenvalue weighted by molar-refractivity contribution is 0.200. The van der Waals surface area contributed by atoms with Gasteiger partial charge in [-0.1, -0.05) is 18.2 Å². The molecule has 0 bridgehead atoms. The fraction of sp³-hybridized carbons (Fsp3) is 0.500. The number of nitrogens with zero attached hydrogens (tertiary/aromatic N) is 1. The second-order valence-corrected chi connectivity index (χ2v) is 6.49. The van der Waals surface area contributed by atoms with Crippen LogP contribution >= 0.6 is 0 Å². The van der Waals surface area contributed by atoms with Gasteiger partial charge in [0.25, 0.3) is 0 Å². The van der Waals surface area contributed by atoms with Crippen molar-refractivity contribution in [2.75, 3.05) is 32.9 Å². The van der Waals surface area contributed by atoms with E-state index in [1.54, 1.807) is 12.1 Å². The second-order valence-electron chi connectivity index (χ2n) is 4.51. The normalized spacial score (nSPS) is 22.6. The first kappa shape index (κ1) is 12.5. The lowest BCUT2D eigenvalue weighted by Crippen LogP contribution is -2.44. The van der Waals surface area contributed by atoms with Crippen molar-refractivity contribution in [1.82, 2.24) is 10.2 Å². The molecule has 94 valence electrons. The van der Waals surface area contributed by atoms with Crippen LogP contribution in [-0.2, 0) is 9.84 Å². The van der Waals surface area contributed by atoms with Gasteiger partial charge in [-0.3, -0.25) is 4.90 Å². The highest BCUT2D eigenvalue weighted by Gasteiger charge is 2.25. The zero-order valence-electron chi connectivity index (χ0n) is 10.2. The number of hydrogen-bond acceptors (Lipinski definition) is 4. The summed E-state index contributed by atoms with van der Waals surface area (Å²) in [5.74, 6) is 0. The molecule has 2 rings (SSSR count). The van der Waals surface area contributed by atoms with Crippen LogP contribution in [0.3, 0.4) is 0 Å². The summed E-state index contributed by atoms with van der Waals surface area (Å²) < 4.78 is 23.5. The highest BCUT2D eigenvalue weighted by Crippen LogP contribution is 2.26. The molecule has 0 amide bonds. The van der Waals surface area contributed by atoms with E-state index in [4.69, 9.17) is 0 Å². The van der Waals surface area contributed by atoms with Crippen molar-refractivity contribution in [1.29, 1.82) is 0 Å². The minimum absolute atomic E-state index is 0.134. The monoisotopic (exact) mass is 254 g/mol. The van der Waals surface area contributed by atoms with Gasteiger partial charge in [-0.05, 0) is 18.7 Å². The number of nitrogens with one attached hydrogen (secondary N) is 1. The van der Waals surface area contributed by atoms with E-state index in [0.717, 1.165) is 25.2 Å². The van der Waals surface area contributed by atoms with Gasteiger partial charge in [0.2, 0.25) is 0 Å². The Morgan fingerprint density at radius 3 is 2.71 bits per heavy atom. The van der Waals surface area contributed by atoms with Gasteiger partial charge in [-0.2, -0.15) is 0 Å². The van der Waals surface area contributed by atoms with Crippen LogP contribution in [0.1, 0.15) is 11.6 Å². The molecule has 0 aromatic heterocycles. The second kappa shape index (κ2) is 4.76. The van der Waals surface area contributed by atoms with Crippen molar-refractivity contribution < 1.29 is 8.42 Å². The van der Waals surface area contributed by atoms with E-state index in [1.165, 1.54) is 6.26 Å². The Hall–Kier alpha value is -0.910. The van der Waals surface area contributed by atoms with E-state index in [-0.39, 0.29) is 6.04 Å². The summed E-state index contributed by atoms with van der Waals surface area (Å²) in [4.78, 5) is 2.64. The van der Waals surface area contributed by atoms with Gasteiger partial charge in [0.15, 0.2) is 9.84 Å². The Labute approximate surface area is 103 Å². The number of piperazine rings is 1. The zero-order valence-corrected chi connectivity index (χ0v) is 11.0. The first-order valence-corrected chi connectivity index (χ1v) is 7.59. The average Bonchev–Trinajstić information content (AvgIpc) is 2.28. The molecule has 0 aliphatic carbocycles. The third kappa shape index (κ3) is 2.68. The number of likely N-dealkylation sites (N-methyl/N-ethyl adjacent to an activating group) is 1. The predicted molar refractivity (Wildman–Crippen MR) is 67.8 cm³/mol. The summed E-state index contributed by atoms with van der Waals surface area (Å²) in [6.45, 7) is 2.68.